The summed E-state index contributed by atoms with van der Waals surface area (Å²) in [6.07, 6.45) is 0.239. The summed E-state index contributed by atoms with van der Waals surface area (Å²) in [5.74, 6) is -0.214. The maximum Gasteiger partial charge on any atom is 0.234 e. The second-order valence-corrected chi connectivity index (χ2v) is 7.80. The first kappa shape index (κ1) is 18.5. The lowest BCUT2D eigenvalue weighted by Gasteiger charge is -2.24. The zero-order valence-corrected chi connectivity index (χ0v) is 15.8. The van der Waals surface area contributed by atoms with Crippen molar-refractivity contribution in [1.29, 1.82) is 0 Å². The van der Waals surface area contributed by atoms with Crippen LogP contribution >= 0.6 is 15.9 Å². The average molecular weight is 391 g/mol. The van der Waals surface area contributed by atoms with Gasteiger partial charge < -0.3 is 10.6 Å². The quantitative estimate of drug-likeness (QED) is 0.755. The van der Waals surface area contributed by atoms with Gasteiger partial charge in [-0.3, -0.25) is 9.59 Å². The number of anilines is 1. The summed E-state index contributed by atoms with van der Waals surface area (Å²) in [6, 6.07) is 13.8. The van der Waals surface area contributed by atoms with E-state index in [9.17, 15) is 9.59 Å². The molecule has 5 heteroatoms. The van der Waals surface area contributed by atoms with Gasteiger partial charge in [0.25, 0.3) is 0 Å². The van der Waals surface area contributed by atoms with Crippen LogP contribution in [0.25, 0.3) is 10.8 Å². The van der Waals surface area contributed by atoms with Gasteiger partial charge in [0.05, 0.1) is 4.83 Å². The number of halogens is 1. The number of hydrogen-bond acceptors (Lipinski definition) is 2. The number of hydrogen-bond donors (Lipinski definition) is 2. The van der Waals surface area contributed by atoms with Crippen molar-refractivity contribution in [2.75, 3.05) is 11.9 Å². The van der Waals surface area contributed by atoms with Crippen LogP contribution in [0.15, 0.2) is 42.5 Å². The highest BCUT2D eigenvalue weighted by Crippen LogP contribution is 2.26. The predicted molar refractivity (Wildman–Crippen MR) is 102 cm³/mol. The van der Waals surface area contributed by atoms with Crippen LogP contribution < -0.4 is 10.6 Å². The molecule has 2 rings (SSSR count). The number of rotatable bonds is 5. The third-order valence-electron chi connectivity index (χ3n) is 3.68. The van der Waals surface area contributed by atoms with E-state index < -0.39 is 0 Å². The smallest absolute Gasteiger partial charge is 0.234 e. The van der Waals surface area contributed by atoms with Crippen LogP contribution in [-0.2, 0) is 9.59 Å². The topological polar surface area (TPSA) is 58.2 Å². The lowest BCUT2D eigenvalue weighted by molar-refractivity contribution is -0.122. The first-order valence-electron chi connectivity index (χ1n) is 7.98. The van der Waals surface area contributed by atoms with E-state index in [1.807, 2.05) is 63.2 Å². The molecule has 4 nitrogen and oxygen atoms in total. The van der Waals surface area contributed by atoms with E-state index >= 15 is 0 Å². The second-order valence-electron chi connectivity index (χ2n) is 6.88. The number of carbonyl (C=O) groups is 2. The van der Waals surface area contributed by atoms with Gasteiger partial charge in [0, 0.05) is 18.7 Å². The average Bonchev–Trinajstić information content (AvgIpc) is 2.53. The summed E-state index contributed by atoms with van der Waals surface area (Å²) in [5.41, 5.74) is 0.593. The number of alkyl halides is 1. The normalized spacial score (nSPS) is 12.7. The zero-order valence-electron chi connectivity index (χ0n) is 14.2. The first-order chi connectivity index (χ1) is 11.3. The van der Waals surface area contributed by atoms with Crippen LogP contribution in [0.3, 0.4) is 0 Å². The van der Waals surface area contributed by atoms with Gasteiger partial charge in [0.15, 0.2) is 0 Å². The van der Waals surface area contributed by atoms with Gasteiger partial charge in [0.1, 0.15) is 0 Å². The highest BCUT2D eigenvalue weighted by molar-refractivity contribution is 9.10. The van der Waals surface area contributed by atoms with Crippen molar-refractivity contribution in [3.05, 3.63) is 42.5 Å². The second kappa shape index (κ2) is 7.79. The van der Waals surface area contributed by atoms with Gasteiger partial charge in [0.2, 0.25) is 11.8 Å². The summed E-state index contributed by atoms with van der Waals surface area (Å²) < 4.78 is 0. The van der Waals surface area contributed by atoms with E-state index in [0.717, 1.165) is 16.5 Å². The molecule has 0 spiro atoms. The number of carbonyl (C=O) groups excluding carboxylic acids is 2. The molecule has 128 valence electrons. The van der Waals surface area contributed by atoms with E-state index in [1.165, 1.54) is 0 Å². The molecule has 0 aliphatic rings. The Morgan fingerprint density at radius 3 is 2.42 bits per heavy atom. The fourth-order valence-corrected chi connectivity index (χ4v) is 2.43. The highest BCUT2D eigenvalue weighted by Gasteiger charge is 2.28. The third kappa shape index (κ3) is 5.06. The van der Waals surface area contributed by atoms with Gasteiger partial charge in [-0.25, -0.2) is 0 Å². The fraction of sp³-hybridized carbons (Fsp3) is 0.368. The molecule has 0 radical (unpaired) electrons. The molecule has 0 aliphatic carbocycles. The summed E-state index contributed by atoms with van der Waals surface area (Å²) in [7, 11) is 0. The molecule has 2 N–H and O–H groups in total. The van der Waals surface area contributed by atoms with E-state index in [1.54, 1.807) is 0 Å². The minimum atomic E-state index is -0.284. The summed E-state index contributed by atoms with van der Waals surface area (Å²) in [5, 5.41) is 7.87. The van der Waals surface area contributed by atoms with Crippen molar-refractivity contribution in [2.45, 2.75) is 32.0 Å². The van der Waals surface area contributed by atoms with Gasteiger partial charge in [-0.2, -0.15) is 0 Å². The fourth-order valence-electron chi connectivity index (χ4n) is 2.27. The van der Waals surface area contributed by atoms with E-state index in [2.05, 4.69) is 26.6 Å². The van der Waals surface area contributed by atoms with Crippen molar-refractivity contribution in [2.24, 2.45) is 5.41 Å². The lowest BCUT2D eigenvalue weighted by atomic mass is 9.92. The van der Waals surface area contributed by atoms with E-state index in [-0.39, 0.29) is 28.5 Å². The Hall–Kier alpha value is -1.88. The minimum Gasteiger partial charge on any atom is -0.355 e. The molecule has 1 atom stereocenters. The van der Waals surface area contributed by atoms with Crippen LogP contribution in [0.4, 0.5) is 5.69 Å². The van der Waals surface area contributed by atoms with Crippen LogP contribution in [0.5, 0.6) is 0 Å². The molecule has 0 aliphatic heterocycles. The first-order valence-corrected chi connectivity index (χ1v) is 8.89. The standard InChI is InChI=1S/C19H23BrN2O2/c1-19(2,3)17(20)18(24)21-11-10-16(23)22-15-9-8-13-6-4-5-7-14(13)12-15/h4-9,12,17H,10-11H2,1-3H3,(H,21,24)(H,22,23)/t17-/m0/s1. The Bertz CT molecular complexity index is 737. The van der Waals surface area contributed by atoms with Gasteiger partial charge in [-0.15, -0.1) is 0 Å². The molecule has 0 unspecified atom stereocenters. The molecule has 0 saturated heterocycles. The molecule has 0 bridgehead atoms. The third-order valence-corrected chi connectivity index (χ3v) is 5.46. The number of fused-ring (bicyclic) bond motifs is 1. The molecule has 0 saturated carbocycles. The molecule has 0 heterocycles. The maximum absolute atomic E-state index is 12.0. The van der Waals surface area contributed by atoms with Gasteiger partial charge in [-0.1, -0.05) is 67.0 Å². The SMILES string of the molecule is CC(C)(C)[C@@H](Br)C(=O)NCCC(=O)Nc1ccc2ccccc2c1. The summed E-state index contributed by atoms with van der Waals surface area (Å²) in [4.78, 5) is 23.7. The summed E-state index contributed by atoms with van der Waals surface area (Å²) in [6.45, 7) is 6.27. The van der Waals surface area contributed by atoms with Crippen LogP contribution in [0.1, 0.15) is 27.2 Å². The number of nitrogens with one attached hydrogen (secondary N) is 2. The van der Waals surface area contributed by atoms with E-state index in [4.69, 9.17) is 0 Å². The van der Waals surface area contributed by atoms with Gasteiger partial charge in [-0.05, 0) is 28.3 Å². The Kier molecular flexibility index (Phi) is 5.99. The van der Waals surface area contributed by atoms with E-state index in [0.29, 0.717) is 6.54 Å². The lowest BCUT2D eigenvalue weighted by Crippen LogP contribution is -2.39. The Morgan fingerprint density at radius 2 is 1.75 bits per heavy atom. The highest BCUT2D eigenvalue weighted by atomic mass is 79.9. The minimum absolute atomic E-state index is 0.0963. The maximum atomic E-state index is 12.0. The molecule has 0 aromatic heterocycles. The largest absolute Gasteiger partial charge is 0.355 e. The Balaban J connectivity index is 1.83. The molecule has 0 fully saturated rings. The van der Waals surface area contributed by atoms with Crippen LogP contribution in [0.2, 0.25) is 0 Å². The molecule has 2 aromatic rings. The van der Waals surface area contributed by atoms with Crippen LogP contribution in [0, 0.1) is 5.41 Å². The van der Waals surface area contributed by atoms with Crippen molar-refractivity contribution >= 4 is 44.2 Å². The zero-order chi connectivity index (χ0) is 17.7. The number of amides is 2. The summed E-state index contributed by atoms with van der Waals surface area (Å²) >= 11 is 3.40. The van der Waals surface area contributed by atoms with Crippen molar-refractivity contribution in [1.82, 2.24) is 5.32 Å². The molecule has 2 amide bonds. The molecule has 2 aromatic carbocycles. The Morgan fingerprint density at radius 1 is 1.08 bits per heavy atom. The molecular formula is C19H23BrN2O2. The number of benzene rings is 2. The van der Waals surface area contributed by atoms with Crippen molar-refractivity contribution in [3.63, 3.8) is 0 Å². The monoisotopic (exact) mass is 390 g/mol. The van der Waals surface area contributed by atoms with Gasteiger partial charge >= 0.3 is 0 Å². The Labute approximate surface area is 151 Å². The molecular weight excluding hydrogens is 368 g/mol. The molecule has 24 heavy (non-hydrogen) atoms. The predicted octanol–water partition coefficient (Wildman–Crippen LogP) is 4.09. The van der Waals surface area contributed by atoms with Crippen molar-refractivity contribution < 1.29 is 9.59 Å². The van der Waals surface area contributed by atoms with Crippen molar-refractivity contribution in [3.8, 4) is 0 Å². The van der Waals surface area contributed by atoms with Crippen LogP contribution in [-0.4, -0.2) is 23.2 Å².